The molecule has 2 bridgehead atoms. The first kappa shape index (κ1) is 11.7. The number of fused-ring (bicyclic) bond motifs is 2. The van der Waals surface area contributed by atoms with Crippen molar-refractivity contribution >= 4 is 0 Å². The molecule has 0 unspecified atom stereocenters. The molecule has 2 rings (SSSR count). The molecule has 0 N–H and O–H groups in total. The predicted molar refractivity (Wildman–Crippen MR) is 70.8 cm³/mol. The van der Waals surface area contributed by atoms with Gasteiger partial charge in [0, 0.05) is 0 Å². The van der Waals surface area contributed by atoms with Crippen LogP contribution in [0.25, 0.3) is 0 Å². The van der Waals surface area contributed by atoms with Gasteiger partial charge in [0.15, 0.2) is 0 Å². The lowest BCUT2D eigenvalue weighted by Gasteiger charge is -2.04. The van der Waals surface area contributed by atoms with Crippen LogP contribution in [-0.2, 0) is 12.8 Å². The molecule has 16 heavy (non-hydrogen) atoms. The molecule has 0 radical (unpaired) electrons. The zero-order chi connectivity index (χ0) is 11.1. The topological polar surface area (TPSA) is 0 Å². The Kier molecular flexibility index (Phi) is 4.92. The van der Waals surface area contributed by atoms with Crippen LogP contribution in [0.3, 0.4) is 0 Å². The Hall–Kier alpha value is -0.780. The van der Waals surface area contributed by atoms with Gasteiger partial charge in [-0.3, -0.25) is 0 Å². The van der Waals surface area contributed by atoms with Crippen molar-refractivity contribution in [2.45, 2.75) is 64.2 Å². The van der Waals surface area contributed by atoms with E-state index in [2.05, 4.69) is 24.3 Å². The molecule has 1 aliphatic rings. The third-order valence-electron chi connectivity index (χ3n) is 3.67. The standard InChI is InChI=1S/C16H24/c1-2-4-6-8-11-16-13-9-12-15(14-16)10-7-5-3-1/h9,12-14H,1-8,10-11H2. The average Bonchev–Trinajstić information content (AvgIpc) is 2.32. The molecule has 0 heterocycles. The van der Waals surface area contributed by atoms with Crippen LogP contribution in [0.5, 0.6) is 0 Å². The summed E-state index contributed by atoms with van der Waals surface area (Å²) in [5.41, 5.74) is 3.11. The minimum absolute atomic E-state index is 1.29. The Morgan fingerprint density at radius 3 is 1.50 bits per heavy atom. The smallest absolute Gasteiger partial charge is 0.0279 e. The van der Waals surface area contributed by atoms with Gasteiger partial charge in [-0.05, 0) is 36.8 Å². The van der Waals surface area contributed by atoms with Crippen molar-refractivity contribution in [3.63, 3.8) is 0 Å². The van der Waals surface area contributed by atoms with E-state index in [1.807, 2.05) is 0 Å². The van der Waals surface area contributed by atoms with Crippen molar-refractivity contribution in [2.75, 3.05) is 0 Å². The van der Waals surface area contributed by atoms with Crippen LogP contribution in [0, 0.1) is 0 Å². The first-order chi connectivity index (χ1) is 7.95. The van der Waals surface area contributed by atoms with Crippen LogP contribution in [0.2, 0.25) is 0 Å². The lowest BCUT2D eigenvalue weighted by molar-refractivity contribution is 0.570. The zero-order valence-electron chi connectivity index (χ0n) is 10.4. The number of benzene rings is 1. The minimum Gasteiger partial charge on any atom is -0.0617 e. The van der Waals surface area contributed by atoms with Gasteiger partial charge in [-0.2, -0.15) is 0 Å². The molecular formula is C16H24. The number of hydrogen-bond donors (Lipinski definition) is 0. The lowest BCUT2D eigenvalue weighted by Crippen LogP contribution is -1.89. The molecule has 0 fully saturated rings. The van der Waals surface area contributed by atoms with Gasteiger partial charge >= 0.3 is 0 Å². The molecule has 0 aromatic heterocycles. The summed E-state index contributed by atoms with van der Waals surface area (Å²) < 4.78 is 0. The highest BCUT2D eigenvalue weighted by atomic mass is 14.1. The zero-order valence-corrected chi connectivity index (χ0v) is 10.4. The maximum atomic E-state index is 2.43. The molecule has 0 saturated heterocycles. The van der Waals surface area contributed by atoms with Gasteiger partial charge in [-0.25, -0.2) is 0 Å². The SMILES string of the molecule is c1cc2cc(c1)CCCCCCCCCC2. The van der Waals surface area contributed by atoms with Gasteiger partial charge in [-0.15, -0.1) is 0 Å². The van der Waals surface area contributed by atoms with E-state index in [0.29, 0.717) is 0 Å². The Morgan fingerprint density at radius 1 is 0.562 bits per heavy atom. The fourth-order valence-electron chi connectivity index (χ4n) is 2.66. The summed E-state index contributed by atoms with van der Waals surface area (Å²) in [6, 6.07) is 9.26. The second-order valence-electron chi connectivity index (χ2n) is 5.15. The minimum atomic E-state index is 1.29. The van der Waals surface area contributed by atoms with E-state index < -0.39 is 0 Å². The molecule has 1 aliphatic carbocycles. The van der Waals surface area contributed by atoms with E-state index in [4.69, 9.17) is 0 Å². The molecule has 0 aliphatic heterocycles. The van der Waals surface area contributed by atoms with Crippen LogP contribution in [-0.4, -0.2) is 0 Å². The number of aryl methyl sites for hydroxylation is 2. The van der Waals surface area contributed by atoms with Crippen molar-refractivity contribution in [3.8, 4) is 0 Å². The molecule has 0 spiro atoms. The third kappa shape index (κ3) is 4.00. The third-order valence-corrected chi connectivity index (χ3v) is 3.67. The maximum absolute atomic E-state index is 2.43. The Balaban J connectivity index is 1.95. The molecule has 0 atom stereocenters. The van der Waals surface area contributed by atoms with Crippen molar-refractivity contribution in [3.05, 3.63) is 35.4 Å². The van der Waals surface area contributed by atoms with Crippen molar-refractivity contribution in [1.29, 1.82) is 0 Å². The predicted octanol–water partition coefficient (Wildman–Crippen LogP) is 4.91. The molecule has 0 saturated carbocycles. The van der Waals surface area contributed by atoms with E-state index in [9.17, 15) is 0 Å². The molecule has 0 amide bonds. The highest BCUT2D eigenvalue weighted by Crippen LogP contribution is 2.16. The maximum Gasteiger partial charge on any atom is -0.0279 e. The normalized spacial score (nSPS) is 19.2. The van der Waals surface area contributed by atoms with Gasteiger partial charge in [0.05, 0.1) is 0 Å². The molecule has 0 nitrogen and oxygen atoms in total. The fraction of sp³-hybridized carbons (Fsp3) is 0.625. The van der Waals surface area contributed by atoms with E-state index in [0.717, 1.165) is 0 Å². The summed E-state index contributed by atoms with van der Waals surface area (Å²) in [7, 11) is 0. The van der Waals surface area contributed by atoms with E-state index in [-0.39, 0.29) is 0 Å². The fourth-order valence-corrected chi connectivity index (χ4v) is 2.66. The molecular weight excluding hydrogens is 192 g/mol. The summed E-state index contributed by atoms with van der Waals surface area (Å²) in [5.74, 6) is 0. The van der Waals surface area contributed by atoms with Gasteiger partial charge < -0.3 is 0 Å². The largest absolute Gasteiger partial charge is 0.0617 e. The van der Waals surface area contributed by atoms with Crippen LogP contribution >= 0.6 is 0 Å². The molecule has 88 valence electrons. The Morgan fingerprint density at radius 2 is 1.00 bits per heavy atom. The highest BCUT2D eigenvalue weighted by molar-refractivity contribution is 5.23. The quantitative estimate of drug-likeness (QED) is 0.578. The van der Waals surface area contributed by atoms with Crippen LogP contribution in [0.1, 0.15) is 62.5 Å². The second-order valence-corrected chi connectivity index (χ2v) is 5.15. The Bertz CT molecular complexity index is 273. The Labute approximate surface area is 100 Å². The number of hydrogen-bond acceptors (Lipinski definition) is 0. The molecule has 0 heteroatoms. The summed E-state index contributed by atoms with van der Waals surface area (Å²) >= 11 is 0. The average molecular weight is 216 g/mol. The van der Waals surface area contributed by atoms with Gasteiger partial charge in [0.1, 0.15) is 0 Å². The second kappa shape index (κ2) is 6.73. The van der Waals surface area contributed by atoms with Gasteiger partial charge in [0.25, 0.3) is 0 Å². The summed E-state index contributed by atoms with van der Waals surface area (Å²) in [6.07, 6.45) is 14.0. The van der Waals surface area contributed by atoms with Gasteiger partial charge in [-0.1, -0.05) is 62.8 Å². The van der Waals surface area contributed by atoms with Crippen molar-refractivity contribution < 1.29 is 0 Å². The van der Waals surface area contributed by atoms with Crippen molar-refractivity contribution in [2.24, 2.45) is 0 Å². The van der Waals surface area contributed by atoms with E-state index in [1.54, 1.807) is 11.1 Å². The number of rotatable bonds is 0. The molecule has 1 aromatic carbocycles. The summed E-state index contributed by atoms with van der Waals surface area (Å²) in [5, 5.41) is 0. The monoisotopic (exact) mass is 216 g/mol. The van der Waals surface area contributed by atoms with E-state index >= 15 is 0 Å². The van der Waals surface area contributed by atoms with Crippen LogP contribution < -0.4 is 0 Å². The van der Waals surface area contributed by atoms with E-state index in [1.165, 1.54) is 64.2 Å². The van der Waals surface area contributed by atoms with Crippen LogP contribution in [0.4, 0.5) is 0 Å². The summed E-state index contributed by atoms with van der Waals surface area (Å²) in [6.45, 7) is 0. The first-order valence-electron chi connectivity index (χ1n) is 7.03. The lowest BCUT2D eigenvalue weighted by atomic mass is 10.0. The summed E-state index contributed by atoms with van der Waals surface area (Å²) in [4.78, 5) is 0. The van der Waals surface area contributed by atoms with Crippen LogP contribution in [0.15, 0.2) is 24.3 Å². The first-order valence-corrected chi connectivity index (χ1v) is 7.03. The highest BCUT2D eigenvalue weighted by Gasteiger charge is 1.99. The molecule has 1 aromatic rings. The van der Waals surface area contributed by atoms with Gasteiger partial charge in [0.2, 0.25) is 0 Å². The van der Waals surface area contributed by atoms with Crippen molar-refractivity contribution in [1.82, 2.24) is 0 Å².